The zero-order valence-electron chi connectivity index (χ0n) is 12.1. The molecule has 0 N–H and O–H groups in total. The molecular weight excluding hydrogens is 266 g/mol. The average molecular weight is 283 g/mol. The first kappa shape index (κ1) is 13.6. The molecule has 2 aromatic rings. The van der Waals surface area contributed by atoms with Gasteiger partial charge in [0.25, 0.3) is 0 Å². The highest BCUT2D eigenvalue weighted by Gasteiger charge is 2.20. The smallest absolute Gasteiger partial charge is 0.170 e. The van der Waals surface area contributed by atoms with Gasteiger partial charge < -0.3 is 9.47 Å². The number of pyridine rings is 1. The molecule has 4 heteroatoms. The molecule has 2 heterocycles. The second-order valence-corrected chi connectivity index (χ2v) is 5.17. The van der Waals surface area contributed by atoms with Crippen LogP contribution in [0.1, 0.15) is 34.5 Å². The van der Waals surface area contributed by atoms with Crippen LogP contribution in [0.5, 0.6) is 11.5 Å². The van der Waals surface area contributed by atoms with Crippen LogP contribution in [0.4, 0.5) is 0 Å². The first-order valence-corrected chi connectivity index (χ1v) is 7.01. The number of rotatable bonds is 3. The molecule has 0 amide bonds. The van der Waals surface area contributed by atoms with Gasteiger partial charge in [0.1, 0.15) is 13.2 Å². The number of hydrogen-bond acceptors (Lipinski definition) is 4. The monoisotopic (exact) mass is 283 g/mol. The number of ether oxygens (including phenoxy) is 2. The number of hydrogen-bond donors (Lipinski definition) is 0. The molecule has 0 radical (unpaired) electrons. The molecule has 0 spiro atoms. The maximum Gasteiger partial charge on any atom is 0.170 e. The van der Waals surface area contributed by atoms with Gasteiger partial charge in [0.05, 0.1) is 0 Å². The van der Waals surface area contributed by atoms with Crippen LogP contribution in [0.3, 0.4) is 0 Å². The third-order valence-electron chi connectivity index (χ3n) is 3.64. The third-order valence-corrected chi connectivity index (χ3v) is 3.64. The van der Waals surface area contributed by atoms with Gasteiger partial charge in [0, 0.05) is 23.4 Å². The molecule has 3 rings (SSSR count). The van der Waals surface area contributed by atoms with E-state index < -0.39 is 0 Å². The van der Waals surface area contributed by atoms with Crippen LogP contribution in [0.25, 0.3) is 0 Å². The predicted molar refractivity (Wildman–Crippen MR) is 79.2 cm³/mol. The van der Waals surface area contributed by atoms with Gasteiger partial charge in [-0.15, -0.1) is 0 Å². The van der Waals surface area contributed by atoms with Crippen molar-refractivity contribution in [1.29, 1.82) is 0 Å². The molecule has 1 aromatic heterocycles. The van der Waals surface area contributed by atoms with E-state index in [1.165, 1.54) is 0 Å². The number of carbonyl (C=O) groups excluding carboxylic acids is 1. The van der Waals surface area contributed by atoms with Crippen LogP contribution in [0.2, 0.25) is 0 Å². The highest BCUT2D eigenvalue weighted by molar-refractivity contribution is 6.01. The van der Waals surface area contributed by atoms with E-state index in [1.54, 1.807) is 24.4 Å². The molecule has 0 fully saturated rings. The number of Topliss-reactive ketones (excluding diaryl/α,β-unsaturated/α-hetero) is 1. The van der Waals surface area contributed by atoms with Gasteiger partial charge in [-0.2, -0.15) is 0 Å². The van der Waals surface area contributed by atoms with Crippen molar-refractivity contribution in [1.82, 2.24) is 4.98 Å². The average Bonchev–Trinajstić information content (AvgIpc) is 2.53. The molecule has 0 saturated heterocycles. The third kappa shape index (κ3) is 2.75. The highest BCUT2D eigenvalue weighted by Crippen LogP contribution is 2.32. The van der Waals surface area contributed by atoms with Crippen LogP contribution >= 0.6 is 0 Å². The maximum absolute atomic E-state index is 12.6. The van der Waals surface area contributed by atoms with E-state index in [9.17, 15) is 4.79 Å². The van der Waals surface area contributed by atoms with Crippen LogP contribution in [0.15, 0.2) is 36.5 Å². The summed E-state index contributed by atoms with van der Waals surface area (Å²) in [5, 5.41) is 0. The largest absolute Gasteiger partial charge is 0.486 e. The summed E-state index contributed by atoms with van der Waals surface area (Å²) in [7, 11) is 0. The number of fused-ring (bicyclic) bond motifs is 1. The first-order chi connectivity index (χ1) is 10.1. The van der Waals surface area contributed by atoms with Crippen molar-refractivity contribution in [3.8, 4) is 11.5 Å². The lowest BCUT2D eigenvalue weighted by Gasteiger charge is -2.19. The number of nitrogens with zero attached hydrogens (tertiary/aromatic N) is 1. The Kier molecular flexibility index (Phi) is 3.60. The van der Waals surface area contributed by atoms with Crippen LogP contribution in [-0.4, -0.2) is 24.0 Å². The van der Waals surface area contributed by atoms with Gasteiger partial charge in [0.15, 0.2) is 17.3 Å². The van der Waals surface area contributed by atoms with Crippen molar-refractivity contribution in [2.24, 2.45) is 0 Å². The second-order valence-electron chi connectivity index (χ2n) is 5.17. The van der Waals surface area contributed by atoms with E-state index in [4.69, 9.17) is 9.47 Å². The summed E-state index contributed by atoms with van der Waals surface area (Å²) < 4.78 is 11.0. The fourth-order valence-electron chi connectivity index (χ4n) is 2.43. The lowest BCUT2D eigenvalue weighted by Crippen LogP contribution is -2.16. The SMILES string of the molecule is Cc1cc([C@H](C)C(=O)c2ccc3c(c2)OCCO3)ccn1. The fourth-order valence-corrected chi connectivity index (χ4v) is 2.43. The van der Waals surface area contributed by atoms with Gasteiger partial charge >= 0.3 is 0 Å². The van der Waals surface area contributed by atoms with Gasteiger partial charge in [0.2, 0.25) is 0 Å². The van der Waals surface area contributed by atoms with E-state index in [-0.39, 0.29) is 11.7 Å². The number of benzene rings is 1. The van der Waals surface area contributed by atoms with Crippen molar-refractivity contribution in [3.63, 3.8) is 0 Å². The van der Waals surface area contributed by atoms with Gasteiger partial charge in [-0.3, -0.25) is 9.78 Å². The minimum Gasteiger partial charge on any atom is -0.486 e. The van der Waals surface area contributed by atoms with E-state index in [1.807, 2.05) is 26.0 Å². The van der Waals surface area contributed by atoms with Gasteiger partial charge in [-0.25, -0.2) is 0 Å². The zero-order chi connectivity index (χ0) is 14.8. The van der Waals surface area contributed by atoms with E-state index in [0.717, 1.165) is 11.3 Å². The summed E-state index contributed by atoms with van der Waals surface area (Å²) >= 11 is 0. The normalized spacial score (nSPS) is 14.6. The molecule has 0 aliphatic carbocycles. The number of aryl methyl sites for hydroxylation is 1. The quantitative estimate of drug-likeness (QED) is 0.812. The molecule has 1 aromatic carbocycles. The minimum absolute atomic E-state index is 0.0672. The summed E-state index contributed by atoms with van der Waals surface area (Å²) in [4.78, 5) is 16.8. The highest BCUT2D eigenvalue weighted by atomic mass is 16.6. The van der Waals surface area contributed by atoms with Crippen LogP contribution < -0.4 is 9.47 Å². The summed E-state index contributed by atoms with van der Waals surface area (Å²) in [6.45, 7) is 4.90. The molecule has 0 unspecified atom stereocenters. The van der Waals surface area contributed by atoms with Crippen molar-refractivity contribution in [3.05, 3.63) is 53.3 Å². The van der Waals surface area contributed by atoms with E-state index >= 15 is 0 Å². The Balaban J connectivity index is 1.88. The molecular formula is C17H17NO3. The van der Waals surface area contributed by atoms with E-state index in [2.05, 4.69) is 4.98 Å². The van der Waals surface area contributed by atoms with Crippen LogP contribution in [0, 0.1) is 6.92 Å². The number of aromatic nitrogens is 1. The first-order valence-electron chi connectivity index (χ1n) is 7.01. The zero-order valence-corrected chi connectivity index (χ0v) is 12.1. The standard InChI is InChI=1S/C17H17NO3/c1-11-9-13(5-6-18-11)12(2)17(19)14-3-4-15-16(10-14)21-8-7-20-15/h3-6,9-10,12H,7-8H2,1-2H3/t12-/m0/s1. The summed E-state index contributed by atoms with van der Waals surface area (Å²) in [5.41, 5.74) is 2.53. The summed E-state index contributed by atoms with van der Waals surface area (Å²) in [5.74, 6) is 1.20. The van der Waals surface area contributed by atoms with Crippen molar-refractivity contribution in [2.75, 3.05) is 13.2 Å². The maximum atomic E-state index is 12.6. The number of ketones is 1. The lowest BCUT2D eigenvalue weighted by molar-refractivity contribution is 0.0965. The molecule has 0 bridgehead atoms. The number of carbonyl (C=O) groups is 1. The molecule has 4 nitrogen and oxygen atoms in total. The van der Waals surface area contributed by atoms with Crippen molar-refractivity contribution >= 4 is 5.78 Å². The van der Waals surface area contributed by atoms with E-state index in [0.29, 0.717) is 30.3 Å². The topological polar surface area (TPSA) is 48.4 Å². The molecule has 21 heavy (non-hydrogen) atoms. The summed E-state index contributed by atoms with van der Waals surface area (Å²) in [6, 6.07) is 9.18. The molecule has 1 aliphatic heterocycles. The van der Waals surface area contributed by atoms with Crippen LogP contribution in [-0.2, 0) is 0 Å². The Bertz CT molecular complexity index is 681. The Labute approximate surface area is 123 Å². The summed E-state index contributed by atoms with van der Waals surface area (Å²) in [6.07, 6.45) is 1.73. The molecule has 1 atom stereocenters. The Hall–Kier alpha value is -2.36. The Morgan fingerprint density at radius 2 is 1.90 bits per heavy atom. The Morgan fingerprint density at radius 3 is 2.67 bits per heavy atom. The minimum atomic E-state index is -0.214. The second kappa shape index (κ2) is 5.56. The Morgan fingerprint density at radius 1 is 1.14 bits per heavy atom. The molecule has 108 valence electrons. The fraction of sp³-hybridized carbons (Fsp3) is 0.294. The molecule has 1 aliphatic rings. The van der Waals surface area contributed by atoms with Crippen molar-refractivity contribution < 1.29 is 14.3 Å². The molecule has 0 saturated carbocycles. The predicted octanol–water partition coefficient (Wildman–Crippen LogP) is 3.15. The van der Waals surface area contributed by atoms with Gasteiger partial charge in [-0.05, 0) is 42.8 Å². The van der Waals surface area contributed by atoms with Crippen molar-refractivity contribution in [2.45, 2.75) is 19.8 Å². The lowest BCUT2D eigenvalue weighted by atomic mass is 9.92. The van der Waals surface area contributed by atoms with Gasteiger partial charge in [-0.1, -0.05) is 6.92 Å².